The molecule has 0 saturated heterocycles. The minimum atomic E-state index is -0.217. The largest absolute Gasteiger partial charge is 0.320 e. The molecule has 0 radical (unpaired) electrons. The van der Waals surface area contributed by atoms with Crippen molar-refractivity contribution < 1.29 is 4.39 Å². The molecule has 2 rings (SSSR count). The molecule has 0 aliphatic rings. The molecule has 0 spiro atoms. The minimum Gasteiger partial charge on any atom is -0.320 e. The van der Waals surface area contributed by atoms with Gasteiger partial charge >= 0.3 is 0 Å². The van der Waals surface area contributed by atoms with Gasteiger partial charge in [0.05, 0.1) is 6.04 Å². The van der Waals surface area contributed by atoms with Crippen LogP contribution in [-0.2, 0) is 0 Å². The van der Waals surface area contributed by atoms with Crippen LogP contribution in [0, 0.1) is 33.5 Å². The van der Waals surface area contributed by atoms with Crippen LogP contribution in [0.2, 0.25) is 0 Å². The van der Waals surface area contributed by atoms with E-state index in [2.05, 4.69) is 32.9 Å². The first kappa shape index (κ1) is 13.8. The second kappa shape index (κ2) is 5.14. The van der Waals surface area contributed by atoms with Crippen LogP contribution >= 0.6 is 0 Å². The SMILES string of the molecule is Cc1cc(C)c(C(N)c2ccc(F)cc2C)cc1C. The first-order valence-electron chi connectivity index (χ1n) is 6.49. The molecule has 0 heterocycles. The monoisotopic (exact) mass is 257 g/mol. The lowest BCUT2D eigenvalue weighted by atomic mass is 9.90. The molecule has 1 atom stereocenters. The third-order valence-corrected chi connectivity index (χ3v) is 3.78. The van der Waals surface area contributed by atoms with Crippen molar-refractivity contribution in [2.24, 2.45) is 5.73 Å². The number of rotatable bonds is 2. The van der Waals surface area contributed by atoms with Gasteiger partial charge in [0.2, 0.25) is 0 Å². The molecular weight excluding hydrogens is 237 g/mol. The van der Waals surface area contributed by atoms with E-state index in [0.29, 0.717) is 0 Å². The Labute approximate surface area is 114 Å². The van der Waals surface area contributed by atoms with Gasteiger partial charge in [0.1, 0.15) is 5.82 Å². The van der Waals surface area contributed by atoms with Gasteiger partial charge in [-0.05, 0) is 73.2 Å². The van der Waals surface area contributed by atoms with Gasteiger partial charge in [-0.15, -0.1) is 0 Å². The Morgan fingerprint density at radius 2 is 1.37 bits per heavy atom. The molecule has 2 aromatic carbocycles. The molecule has 2 heteroatoms. The zero-order valence-corrected chi connectivity index (χ0v) is 11.9. The lowest BCUT2D eigenvalue weighted by Gasteiger charge is -2.19. The Kier molecular flexibility index (Phi) is 3.72. The lowest BCUT2D eigenvalue weighted by molar-refractivity contribution is 0.624. The van der Waals surface area contributed by atoms with E-state index >= 15 is 0 Å². The minimum absolute atomic E-state index is 0.208. The summed E-state index contributed by atoms with van der Waals surface area (Å²) in [5, 5.41) is 0. The second-order valence-electron chi connectivity index (χ2n) is 5.27. The van der Waals surface area contributed by atoms with E-state index in [1.807, 2.05) is 6.92 Å². The van der Waals surface area contributed by atoms with Crippen LogP contribution in [0.5, 0.6) is 0 Å². The maximum atomic E-state index is 13.2. The second-order valence-corrected chi connectivity index (χ2v) is 5.27. The summed E-state index contributed by atoms with van der Waals surface area (Å²) in [6.07, 6.45) is 0. The fourth-order valence-electron chi connectivity index (χ4n) is 2.47. The van der Waals surface area contributed by atoms with Crippen LogP contribution in [0.4, 0.5) is 4.39 Å². The van der Waals surface area contributed by atoms with Crippen molar-refractivity contribution in [1.29, 1.82) is 0 Å². The van der Waals surface area contributed by atoms with Crippen molar-refractivity contribution in [3.05, 3.63) is 69.5 Å². The van der Waals surface area contributed by atoms with Crippen molar-refractivity contribution in [2.75, 3.05) is 0 Å². The molecule has 1 nitrogen and oxygen atoms in total. The van der Waals surface area contributed by atoms with Gasteiger partial charge in [-0.3, -0.25) is 0 Å². The number of halogens is 1. The molecule has 0 fully saturated rings. The lowest BCUT2D eigenvalue weighted by Crippen LogP contribution is -2.15. The predicted octanol–water partition coefficient (Wildman–Crippen LogP) is 4.11. The zero-order valence-electron chi connectivity index (χ0n) is 11.9. The molecule has 0 saturated carbocycles. The maximum absolute atomic E-state index is 13.2. The third kappa shape index (κ3) is 2.69. The highest BCUT2D eigenvalue weighted by Crippen LogP contribution is 2.27. The Morgan fingerprint density at radius 3 is 2.00 bits per heavy atom. The number of hydrogen-bond acceptors (Lipinski definition) is 1. The number of nitrogens with two attached hydrogens (primary N) is 1. The summed E-state index contributed by atoms with van der Waals surface area (Å²) < 4.78 is 13.2. The van der Waals surface area contributed by atoms with E-state index in [0.717, 1.165) is 16.7 Å². The fraction of sp³-hybridized carbons (Fsp3) is 0.294. The Hall–Kier alpha value is -1.67. The molecule has 2 aromatic rings. The Bertz CT molecular complexity index is 617. The van der Waals surface area contributed by atoms with Crippen molar-refractivity contribution in [3.8, 4) is 0 Å². The number of hydrogen-bond donors (Lipinski definition) is 1. The van der Waals surface area contributed by atoms with Gasteiger partial charge in [0.25, 0.3) is 0 Å². The van der Waals surface area contributed by atoms with Crippen LogP contribution in [0.15, 0.2) is 30.3 Å². The highest BCUT2D eigenvalue weighted by atomic mass is 19.1. The van der Waals surface area contributed by atoms with E-state index in [1.54, 1.807) is 6.07 Å². The summed E-state index contributed by atoms with van der Waals surface area (Å²) in [6.45, 7) is 8.15. The molecule has 0 bridgehead atoms. The summed E-state index contributed by atoms with van der Waals surface area (Å²) in [5.74, 6) is -0.217. The van der Waals surface area contributed by atoms with Crippen molar-refractivity contribution >= 4 is 0 Å². The molecule has 0 aromatic heterocycles. The molecule has 1 unspecified atom stereocenters. The van der Waals surface area contributed by atoms with Gasteiger partial charge in [0.15, 0.2) is 0 Å². The normalized spacial score (nSPS) is 12.5. The first-order valence-corrected chi connectivity index (χ1v) is 6.49. The summed E-state index contributed by atoms with van der Waals surface area (Å²) in [7, 11) is 0. The predicted molar refractivity (Wildman–Crippen MR) is 77.8 cm³/mol. The molecular formula is C17H20FN. The summed E-state index contributed by atoms with van der Waals surface area (Å²) in [4.78, 5) is 0. The Balaban J connectivity index is 2.49. The van der Waals surface area contributed by atoms with E-state index in [4.69, 9.17) is 5.73 Å². The van der Waals surface area contributed by atoms with Crippen LogP contribution in [0.1, 0.15) is 39.4 Å². The number of benzene rings is 2. The zero-order chi connectivity index (χ0) is 14.2. The van der Waals surface area contributed by atoms with Crippen molar-refractivity contribution in [2.45, 2.75) is 33.7 Å². The molecule has 100 valence electrons. The topological polar surface area (TPSA) is 26.0 Å². The summed E-state index contributed by atoms with van der Waals surface area (Å²) >= 11 is 0. The summed E-state index contributed by atoms with van der Waals surface area (Å²) in [6, 6.07) is 8.87. The van der Waals surface area contributed by atoms with Crippen LogP contribution in [-0.4, -0.2) is 0 Å². The number of aryl methyl sites for hydroxylation is 4. The van der Waals surface area contributed by atoms with Gasteiger partial charge in [-0.1, -0.05) is 18.2 Å². The van der Waals surface area contributed by atoms with Gasteiger partial charge in [-0.2, -0.15) is 0 Å². The standard InChI is InChI=1S/C17H20FN/c1-10-7-12(3)16(9-11(10)2)17(19)15-6-5-14(18)8-13(15)4/h5-9,17H,19H2,1-4H3. The quantitative estimate of drug-likeness (QED) is 0.861. The Morgan fingerprint density at radius 1 is 0.789 bits per heavy atom. The van der Waals surface area contributed by atoms with Gasteiger partial charge < -0.3 is 5.73 Å². The molecule has 19 heavy (non-hydrogen) atoms. The highest BCUT2D eigenvalue weighted by molar-refractivity contribution is 5.44. The van der Waals surface area contributed by atoms with Crippen LogP contribution in [0.3, 0.4) is 0 Å². The maximum Gasteiger partial charge on any atom is 0.123 e. The van der Waals surface area contributed by atoms with E-state index < -0.39 is 0 Å². The van der Waals surface area contributed by atoms with Crippen LogP contribution in [0.25, 0.3) is 0 Å². The average molecular weight is 257 g/mol. The highest BCUT2D eigenvalue weighted by Gasteiger charge is 2.15. The van der Waals surface area contributed by atoms with Gasteiger partial charge in [0, 0.05) is 0 Å². The van der Waals surface area contributed by atoms with Crippen LogP contribution < -0.4 is 5.73 Å². The van der Waals surface area contributed by atoms with E-state index in [1.165, 1.54) is 28.8 Å². The first-order chi connectivity index (χ1) is 8.90. The van der Waals surface area contributed by atoms with E-state index in [9.17, 15) is 4.39 Å². The molecule has 0 amide bonds. The smallest absolute Gasteiger partial charge is 0.123 e. The molecule has 0 aliphatic heterocycles. The molecule has 2 N–H and O–H groups in total. The van der Waals surface area contributed by atoms with Gasteiger partial charge in [-0.25, -0.2) is 4.39 Å². The molecule has 0 aliphatic carbocycles. The van der Waals surface area contributed by atoms with Crippen molar-refractivity contribution in [3.63, 3.8) is 0 Å². The fourth-order valence-corrected chi connectivity index (χ4v) is 2.47. The average Bonchev–Trinajstić information content (AvgIpc) is 2.33. The third-order valence-electron chi connectivity index (χ3n) is 3.78. The van der Waals surface area contributed by atoms with E-state index in [-0.39, 0.29) is 11.9 Å². The summed E-state index contributed by atoms with van der Waals surface area (Å²) in [5.41, 5.74) is 13.0. The van der Waals surface area contributed by atoms with Crippen molar-refractivity contribution in [1.82, 2.24) is 0 Å².